The first-order valence-electron chi connectivity index (χ1n) is 10.4. The number of para-hydroxylation sites is 1. The topological polar surface area (TPSA) is 125 Å². The Bertz CT molecular complexity index is 1100. The fourth-order valence-electron chi connectivity index (χ4n) is 3.78. The lowest BCUT2D eigenvalue weighted by atomic mass is 9.76. The van der Waals surface area contributed by atoms with E-state index in [9.17, 15) is 19.6 Å². The van der Waals surface area contributed by atoms with Crippen molar-refractivity contribution in [2.24, 2.45) is 0 Å². The molecule has 4 rings (SSSR count). The quantitative estimate of drug-likeness (QED) is 0.462. The average molecular weight is 437 g/mol. The van der Waals surface area contributed by atoms with Gasteiger partial charge in [-0.25, -0.2) is 0 Å². The third-order valence-electron chi connectivity index (χ3n) is 5.45. The number of carbonyl (C=O) groups excluding carboxylic acids is 2. The third kappa shape index (κ3) is 4.99. The Morgan fingerprint density at radius 3 is 2.72 bits per heavy atom. The second-order valence-electron chi connectivity index (χ2n) is 7.63. The molecule has 1 aliphatic heterocycles. The van der Waals surface area contributed by atoms with Gasteiger partial charge < -0.3 is 29.4 Å². The highest BCUT2D eigenvalue weighted by atomic mass is 16.5. The minimum absolute atomic E-state index is 0.165. The van der Waals surface area contributed by atoms with Gasteiger partial charge in [-0.05, 0) is 30.2 Å². The van der Waals surface area contributed by atoms with E-state index in [4.69, 9.17) is 9.15 Å². The molecule has 1 fully saturated rings. The second kappa shape index (κ2) is 9.95. The molecule has 3 N–H and O–H groups in total. The molecule has 0 unspecified atom stereocenters. The standard InChI is InChI=1S/C22H24BN3O6/c27-21(13-18-17(5-3-7-24-18)22(28)26-8-10-31-11-9-26)25-20(23(29)30)12-15-14-32-19-6-2-1-4-16(15)19/h1-7,14,20,29-30H,8-13H2,(H,25,27)/t20-/m0/s1. The van der Waals surface area contributed by atoms with Crippen molar-refractivity contribution in [3.63, 3.8) is 0 Å². The van der Waals surface area contributed by atoms with Crippen LogP contribution in [0.4, 0.5) is 0 Å². The van der Waals surface area contributed by atoms with E-state index in [0.29, 0.717) is 43.1 Å². The number of benzene rings is 1. The highest BCUT2D eigenvalue weighted by molar-refractivity contribution is 6.43. The van der Waals surface area contributed by atoms with Gasteiger partial charge in [-0.2, -0.15) is 0 Å². The van der Waals surface area contributed by atoms with E-state index in [2.05, 4.69) is 10.3 Å². The van der Waals surface area contributed by atoms with E-state index in [-0.39, 0.29) is 18.7 Å². The zero-order valence-electron chi connectivity index (χ0n) is 17.4. The van der Waals surface area contributed by atoms with Crippen molar-refractivity contribution in [2.75, 3.05) is 26.3 Å². The van der Waals surface area contributed by atoms with E-state index in [1.54, 1.807) is 23.3 Å². The smallest absolute Gasteiger partial charge is 0.464 e. The zero-order chi connectivity index (χ0) is 22.5. The van der Waals surface area contributed by atoms with Crippen LogP contribution in [0.15, 0.2) is 53.3 Å². The third-order valence-corrected chi connectivity index (χ3v) is 5.45. The number of rotatable bonds is 7. The number of hydrogen-bond donors (Lipinski definition) is 3. The van der Waals surface area contributed by atoms with Crippen molar-refractivity contribution >= 4 is 29.9 Å². The van der Waals surface area contributed by atoms with Crippen LogP contribution >= 0.6 is 0 Å². The van der Waals surface area contributed by atoms with Crippen molar-refractivity contribution in [3.8, 4) is 0 Å². The summed E-state index contributed by atoms with van der Waals surface area (Å²) in [6.45, 7) is 1.91. The van der Waals surface area contributed by atoms with Crippen LogP contribution in [-0.4, -0.2) is 71.1 Å². The van der Waals surface area contributed by atoms with Crippen LogP contribution in [0.25, 0.3) is 11.0 Å². The molecule has 2 amide bonds. The van der Waals surface area contributed by atoms with Crippen molar-refractivity contribution < 1.29 is 28.8 Å². The molecule has 1 atom stereocenters. The van der Waals surface area contributed by atoms with Crippen LogP contribution in [-0.2, 0) is 22.4 Å². The van der Waals surface area contributed by atoms with Crippen LogP contribution in [0, 0.1) is 0 Å². The molecule has 1 aliphatic rings. The highest BCUT2D eigenvalue weighted by Gasteiger charge is 2.28. The lowest BCUT2D eigenvalue weighted by Gasteiger charge is -2.27. The van der Waals surface area contributed by atoms with Crippen molar-refractivity contribution in [3.05, 3.63) is 65.7 Å². The monoisotopic (exact) mass is 437 g/mol. The van der Waals surface area contributed by atoms with Crippen LogP contribution < -0.4 is 5.32 Å². The number of furan rings is 1. The van der Waals surface area contributed by atoms with Gasteiger partial charge in [0.25, 0.3) is 5.91 Å². The Labute approximate surface area is 185 Å². The lowest BCUT2D eigenvalue weighted by molar-refractivity contribution is -0.120. The summed E-state index contributed by atoms with van der Waals surface area (Å²) in [5.41, 5.74) is 2.12. The van der Waals surface area contributed by atoms with E-state index in [0.717, 1.165) is 10.9 Å². The predicted octanol–water partition coefficient (Wildman–Crippen LogP) is 0.582. The number of ether oxygens (including phenoxy) is 1. The first-order chi connectivity index (χ1) is 15.5. The van der Waals surface area contributed by atoms with E-state index in [1.165, 1.54) is 6.20 Å². The maximum Gasteiger partial charge on any atom is 0.475 e. The molecule has 0 radical (unpaired) electrons. The number of amides is 2. The van der Waals surface area contributed by atoms with Gasteiger partial charge in [-0.3, -0.25) is 14.6 Å². The first kappa shape index (κ1) is 22.0. The van der Waals surface area contributed by atoms with Gasteiger partial charge >= 0.3 is 7.12 Å². The molecule has 1 saturated heterocycles. The van der Waals surface area contributed by atoms with Gasteiger partial charge in [0.15, 0.2) is 0 Å². The maximum atomic E-state index is 12.9. The Morgan fingerprint density at radius 1 is 1.16 bits per heavy atom. The molecule has 32 heavy (non-hydrogen) atoms. The van der Waals surface area contributed by atoms with Crippen molar-refractivity contribution in [1.82, 2.24) is 15.2 Å². The molecule has 3 aromatic rings. The minimum atomic E-state index is -1.77. The molecule has 1 aromatic carbocycles. The van der Waals surface area contributed by atoms with E-state index >= 15 is 0 Å². The van der Waals surface area contributed by atoms with Gasteiger partial charge in [0.1, 0.15) is 5.58 Å². The fourth-order valence-corrected chi connectivity index (χ4v) is 3.78. The fraction of sp³-hybridized carbons (Fsp3) is 0.318. The summed E-state index contributed by atoms with van der Waals surface area (Å²) in [7, 11) is -1.77. The largest absolute Gasteiger partial charge is 0.475 e. The zero-order valence-corrected chi connectivity index (χ0v) is 17.4. The molecule has 166 valence electrons. The van der Waals surface area contributed by atoms with Gasteiger partial charge in [0.2, 0.25) is 5.91 Å². The van der Waals surface area contributed by atoms with E-state index in [1.807, 2.05) is 24.3 Å². The van der Waals surface area contributed by atoms with E-state index < -0.39 is 19.0 Å². The lowest BCUT2D eigenvalue weighted by Crippen LogP contribution is -2.48. The van der Waals surface area contributed by atoms with Crippen molar-refractivity contribution in [2.45, 2.75) is 18.8 Å². The summed E-state index contributed by atoms with van der Waals surface area (Å²) in [6, 6.07) is 10.7. The molecular weight excluding hydrogens is 413 g/mol. The van der Waals surface area contributed by atoms with Gasteiger partial charge in [0, 0.05) is 24.7 Å². The van der Waals surface area contributed by atoms with Gasteiger partial charge in [-0.15, -0.1) is 0 Å². The second-order valence-corrected chi connectivity index (χ2v) is 7.63. The Balaban J connectivity index is 1.45. The van der Waals surface area contributed by atoms with Crippen LogP contribution in [0.2, 0.25) is 0 Å². The highest BCUT2D eigenvalue weighted by Crippen LogP contribution is 2.22. The molecule has 0 spiro atoms. The average Bonchev–Trinajstić information content (AvgIpc) is 3.22. The summed E-state index contributed by atoms with van der Waals surface area (Å²) < 4.78 is 10.8. The number of fused-ring (bicyclic) bond motifs is 1. The molecule has 10 heteroatoms. The number of aromatic nitrogens is 1. The molecule has 3 heterocycles. The summed E-state index contributed by atoms with van der Waals surface area (Å²) in [6.07, 6.45) is 3.07. The Hall–Kier alpha value is -3.21. The molecule has 2 aromatic heterocycles. The maximum absolute atomic E-state index is 12.9. The first-order valence-corrected chi connectivity index (χ1v) is 10.4. The SMILES string of the molecule is O=C(Cc1ncccc1C(=O)N1CCOCC1)N[C@@H](Cc1coc2ccccc12)B(O)O. The summed E-state index contributed by atoms with van der Waals surface area (Å²) in [5, 5.41) is 23.2. The number of pyridine rings is 1. The Kier molecular flexibility index (Phi) is 6.84. The number of nitrogens with one attached hydrogen (secondary N) is 1. The number of carbonyl (C=O) groups is 2. The van der Waals surface area contributed by atoms with Crippen LogP contribution in [0.3, 0.4) is 0 Å². The van der Waals surface area contributed by atoms with Crippen LogP contribution in [0.5, 0.6) is 0 Å². The predicted molar refractivity (Wildman–Crippen MR) is 117 cm³/mol. The minimum Gasteiger partial charge on any atom is -0.464 e. The molecule has 0 bridgehead atoms. The summed E-state index contributed by atoms with van der Waals surface area (Å²) in [4.78, 5) is 31.5. The molecule has 0 aliphatic carbocycles. The molecule has 9 nitrogen and oxygen atoms in total. The number of morpholine rings is 1. The summed E-state index contributed by atoms with van der Waals surface area (Å²) in [5.74, 6) is -1.62. The normalized spacial score (nSPS) is 14.9. The van der Waals surface area contributed by atoms with Gasteiger partial charge in [0.05, 0.1) is 43.1 Å². The van der Waals surface area contributed by atoms with Crippen LogP contribution in [0.1, 0.15) is 21.6 Å². The number of nitrogens with zero attached hydrogens (tertiary/aromatic N) is 2. The number of hydrogen-bond acceptors (Lipinski definition) is 7. The molecule has 0 saturated carbocycles. The molecular formula is C22H24BN3O6. The van der Waals surface area contributed by atoms with Gasteiger partial charge in [-0.1, -0.05) is 18.2 Å². The summed E-state index contributed by atoms with van der Waals surface area (Å²) >= 11 is 0. The Morgan fingerprint density at radius 2 is 1.94 bits per heavy atom. The van der Waals surface area contributed by atoms with Crippen molar-refractivity contribution in [1.29, 1.82) is 0 Å².